The number of nitrogens with zero attached hydrogens (tertiary/aromatic N) is 2. The third-order valence-corrected chi connectivity index (χ3v) is 11.3. The van der Waals surface area contributed by atoms with Crippen LogP contribution in [0.2, 0.25) is 0 Å². The number of aliphatic carboxylic acids is 2. The topological polar surface area (TPSA) is 416 Å². The number of methoxy groups -OCH3 is 1. The number of nitrogens with one attached hydrogen (secondary N) is 7. The lowest BCUT2D eigenvalue weighted by Gasteiger charge is -2.27. The number of hydrogen-bond acceptors (Lipinski definition) is 12. The molecule has 0 saturated carbocycles. The molecule has 1 heterocycles. The number of guanidine groups is 2. The van der Waals surface area contributed by atoms with Crippen LogP contribution in [-0.2, 0) is 54.3 Å². The Bertz CT molecular complexity index is 2210. The zero-order valence-electron chi connectivity index (χ0n) is 41.3. The van der Waals surface area contributed by atoms with Gasteiger partial charge in [-0.15, -0.1) is 0 Å². The first kappa shape index (κ1) is 60.3. The van der Waals surface area contributed by atoms with E-state index in [1.165, 1.54) is 19.9 Å². The molecule has 0 aliphatic carbocycles. The molecule has 1 aliphatic rings. The van der Waals surface area contributed by atoms with Crippen LogP contribution in [0.4, 0.5) is 0 Å². The van der Waals surface area contributed by atoms with E-state index >= 15 is 0 Å². The van der Waals surface area contributed by atoms with E-state index in [1.807, 2.05) is 43.3 Å². The lowest BCUT2D eigenvalue weighted by Crippen LogP contribution is -2.56. The Kier molecular flexibility index (Phi) is 25.7. The zero-order valence-corrected chi connectivity index (χ0v) is 41.3. The van der Waals surface area contributed by atoms with Crippen LogP contribution in [0.3, 0.4) is 0 Å². The van der Waals surface area contributed by atoms with E-state index in [4.69, 9.17) is 27.7 Å². The number of benzene rings is 1. The molecule has 1 aliphatic heterocycles. The highest BCUT2D eigenvalue weighted by atomic mass is 16.5. The summed E-state index contributed by atoms with van der Waals surface area (Å²) >= 11 is 0. The highest BCUT2D eigenvalue weighted by Crippen LogP contribution is 2.18. The van der Waals surface area contributed by atoms with Crippen molar-refractivity contribution >= 4 is 65.2 Å². The van der Waals surface area contributed by atoms with E-state index in [9.17, 15) is 53.4 Å². The summed E-state index contributed by atoms with van der Waals surface area (Å²) in [5, 5.41) is 37.1. The number of allylic oxidation sites excluding steroid dienone is 2. The Hall–Kier alpha value is -7.83. The summed E-state index contributed by atoms with van der Waals surface area (Å²) in [6.07, 6.45) is 3.46. The number of nitrogens with two attached hydrogens (primary N) is 4. The number of hydrogen-bond donors (Lipinski definition) is 13. The van der Waals surface area contributed by atoms with E-state index in [0.717, 1.165) is 5.56 Å². The van der Waals surface area contributed by atoms with Gasteiger partial charge < -0.3 is 75.1 Å². The molecule has 1 aromatic carbocycles. The fraction of sp³-hybridized carbons (Fsp3) is 0.511. The minimum atomic E-state index is -1.91. The molecule has 72 heavy (non-hydrogen) atoms. The Labute approximate surface area is 417 Å². The maximum absolute atomic E-state index is 14.3. The summed E-state index contributed by atoms with van der Waals surface area (Å²) in [7, 11) is 1.60. The second-order valence-corrected chi connectivity index (χ2v) is 17.3. The lowest BCUT2D eigenvalue weighted by molar-refractivity contribution is -0.144. The molecule has 0 bridgehead atoms. The van der Waals surface area contributed by atoms with Gasteiger partial charge in [-0.2, -0.15) is 0 Å². The van der Waals surface area contributed by atoms with Crippen molar-refractivity contribution in [3.05, 3.63) is 72.0 Å². The second-order valence-electron chi connectivity index (χ2n) is 17.3. The smallest absolute Gasteiger partial charge is 0.326 e. The number of carbonyl (C=O) groups excluding carboxylic acids is 7. The summed E-state index contributed by atoms with van der Waals surface area (Å²) in [5.74, 6) is -11.6. The van der Waals surface area contributed by atoms with Gasteiger partial charge in [0.25, 0.3) is 5.91 Å². The lowest BCUT2D eigenvalue weighted by atomic mass is 9.94. The molecule has 0 radical (unpaired) electrons. The highest BCUT2D eigenvalue weighted by Gasteiger charge is 2.34. The first-order valence-corrected chi connectivity index (χ1v) is 23.2. The Morgan fingerprint density at radius 1 is 0.778 bits per heavy atom. The van der Waals surface area contributed by atoms with E-state index in [2.05, 4.69) is 53.8 Å². The Balaban J connectivity index is 2.67. The fourth-order valence-electron chi connectivity index (χ4n) is 7.16. The number of carboxylic acid groups (broad SMARTS) is 2. The molecule has 17 N–H and O–H groups in total. The van der Waals surface area contributed by atoms with Crippen LogP contribution in [-0.4, -0.2) is 138 Å². The van der Waals surface area contributed by atoms with Gasteiger partial charge in [0, 0.05) is 32.5 Å². The van der Waals surface area contributed by atoms with Crippen LogP contribution in [0.15, 0.2) is 76.4 Å². The third-order valence-electron chi connectivity index (χ3n) is 11.3. The standard InChI is InChI=1S/C47H71N13O12/c1-25(22-26(2)36(72-6)23-30-12-8-7-9-13-30)16-17-31-27(3)39(63)59-34(44(68)69)18-19-37(61)54-28(4)40(64)55-29(5)41(65)58-33(15-11-21-53-47(50)51)43(67)60-35(45(70)71)24-38(62)56-32(42(66)57-31)14-10-20-52-46(48)49/h7-9,12-13,16-17,22,26-27,29,31-36H,4,10-11,14-15,18-21,23-24H2,1-3,5-6H3,(H,54,61)(H,55,64)(H,56,62)(H,57,66)(H,58,65)(H,59,63)(H,60,67)(H,68,69)(H,70,71)(H4,48,49,52)(H4,50,51,53). The van der Waals surface area contributed by atoms with E-state index in [0.29, 0.717) is 12.0 Å². The van der Waals surface area contributed by atoms with Crippen LogP contribution in [0.5, 0.6) is 0 Å². The number of ether oxygens (including phenoxy) is 1. The van der Waals surface area contributed by atoms with Crippen molar-refractivity contribution in [1.29, 1.82) is 0 Å². The fourth-order valence-corrected chi connectivity index (χ4v) is 7.16. The van der Waals surface area contributed by atoms with Gasteiger partial charge in [-0.3, -0.25) is 43.5 Å². The minimum Gasteiger partial charge on any atom is -0.480 e. The van der Waals surface area contributed by atoms with Crippen molar-refractivity contribution in [3.63, 3.8) is 0 Å². The Morgan fingerprint density at radius 3 is 1.89 bits per heavy atom. The van der Waals surface area contributed by atoms with E-state index in [-0.39, 0.29) is 62.7 Å². The summed E-state index contributed by atoms with van der Waals surface area (Å²) in [6, 6.07) is 0.699. The van der Waals surface area contributed by atoms with Gasteiger partial charge in [0.05, 0.1) is 30.2 Å². The van der Waals surface area contributed by atoms with Crippen molar-refractivity contribution in [2.24, 2.45) is 44.8 Å². The molecule has 25 nitrogen and oxygen atoms in total. The third kappa shape index (κ3) is 22.3. The van der Waals surface area contributed by atoms with E-state index in [1.54, 1.807) is 20.1 Å². The number of amides is 7. The number of carboxylic acids is 2. The summed E-state index contributed by atoms with van der Waals surface area (Å²) < 4.78 is 5.80. The molecule has 9 atom stereocenters. The van der Waals surface area contributed by atoms with Gasteiger partial charge in [0.1, 0.15) is 30.2 Å². The summed E-state index contributed by atoms with van der Waals surface area (Å²) in [6.45, 7) is 9.91. The molecule has 396 valence electrons. The number of carbonyl (C=O) groups is 9. The number of rotatable bonds is 17. The molecule has 1 aromatic rings. The maximum atomic E-state index is 14.3. The van der Waals surface area contributed by atoms with Crippen molar-refractivity contribution < 1.29 is 58.1 Å². The van der Waals surface area contributed by atoms with Gasteiger partial charge >= 0.3 is 11.9 Å². The van der Waals surface area contributed by atoms with Crippen LogP contribution in [0.25, 0.3) is 0 Å². The molecule has 7 amide bonds. The van der Waals surface area contributed by atoms with Crippen LogP contribution in [0, 0.1) is 11.8 Å². The van der Waals surface area contributed by atoms with Crippen molar-refractivity contribution in [2.45, 2.75) is 121 Å². The monoisotopic (exact) mass is 1010 g/mol. The van der Waals surface area contributed by atoms with Crippen LogP contribution < -0.4 is 60.2 Å². The second kappa shape index (κ2) is 30.7. The predicted molar refractivity (Wildman–Crippen MR) is 266 cm³/mol. The van der Waals surface area contributed by atoms with Crippen LogP contribution in [0.1, 0.15) is 78.2 Å². The first-order valence-electron chi connectivity index (χ1n) is 23.2. The zero-order chi connectivity index (χ0) is 54.1. The highest BCUT2D eigenvalue weighted by molar-refractivity contribution is 6.00. The SMILES string of the molecule is C=C1NC(=O)CCC(C(=O)O)NC(=O)C(C)C(C=CC(C)=CC(C)C(Cc2ccccc2)OC)NC(=O)C(CCCN=C(N)N)NC(=O)CC(C(=O)O)NC(=O)C(CCCN=C(N)N)NC(=O)C(C)NC1=O. The van der Waals surface area contributed by atoms with Gasteiger partial charge in [0.15, 0.2) is 11.9 Å². The molecule has 0 aromatic heterocycles. The molecular weight excluding hydrogens is 939 g/mol. The first-order chi connectivity index (χ1) is 33.9. The van der Waals surface area contributed by atoms with Crippen molar-refractivity contribution in [1.82, 2.24) is 37.2 Å². The largest absolute Gasteiger partial charge is 0.480 e. The molecule has 0 spiro atoms. The quantitative estimate of drug-likeness (QED) is 0.0265. The Morgan fingerprint density at radius 2 is 1.33 bits per heavy atom. The van der Waals surface area contributed by atoms with Gasteiger partial charge in [-0.1, -0.05) is 74.6 Å². The molecular formula is C47H71N13O12. The predicted octanol–water partition coefficient (Wildman–Crippen LogP) is -1.96. The maximum Gasteiger partial charge on any atom is 0.326 e. The summed E-state index contributed by atoms with van der Waals surface area (Å²) in [5.41, 5.74) is 23.0. The van der Waals surface area contributed by atoms with Gasteiger partial charge in [-0.25, -0.2) is 9.59 Å². The molecule has 1 saturated heterocycles. The molecule has 9 unspecified atom stereocenters. The molecule has 2 rings (SSSR count). The average molecular weight is 1010 g/mol. The summed E-state index contributed by atoms with van der Waals surface area (Å²) in [4.78, 5) is 127. The van der Waals surface area contributed by atoms with E-state index < -0.39 is 120 Å². The average Bonchev–Trinajstić information content (AvgIpc) is 3.31. The molecule has 25 heteroatoms. The van der Waals surface area contributed by atoms with Crippen LogP contribution >= 0.6 is 0 Å². The molecule has 1 fully saturated rings. The minimum absolute atomic E-state index is 0.00241. The van der Waals surface area contributed by atoms with Gasteiger partial charge in [-0.05, 0) is 57.9 Å². The number of aliphatic imine (C=N–C) groups is 2. The van der Waals surface area contributed by atoms with Crippen molar-refractivity contribution in [3.8, 4) is 0 Å². The normalized spacial score (nSPS) is 23.7. The van der Waals surface area contributed by atoms with Crippen molar-refractivity contribution in [2.75, 3.05) is 20.2 Å². The van der Waals surface area contributed by atoms with Gasteiger partial charge in [0.2, 0.25) is 35.4 Å².